The second kappa shape index (κ2) is 9.29. The average Bonchev–Trinajstić information content (AvgIpc) is 2.93. The van der Waals surface area contributed by atoms with Crippen molar-refractivity contribution in [1.29, 1.82) is 0 Å². The molecule has 0 aliphatic rings. The molecule has 8 heteroatoms. The van der Waals surface area contributed by atoms with Gasteiger partial charge in [-0.25, -0.2) is 4.68 Å². The molecule has 1 heterocycles. The number of rotatable bonds is 10. The Morgan fingerprint density at radius 1 is 1.29 bits per heavy atom. The molecule has 0 saturated heterocycles. The van der Waals surface area contributed by atoms with Crippen LogP contribution in [0.25, 0.3) is 0 Å². The molecule has 0 aliphatic carbocycles. The Bertz CT molecular complexity index is 699. The number of benzene rings is 1. The number of aromatic amines is 1. The van der Waals surface area contributed by atoms with Crippen LogP contribution in [0.1, 0.15) is 31.7 Å². The highest BCUT2D eigenvalue weighted by atomic mass is 32.1. The molecule has 132 valence electrons. The molecule has 24 heavy (non-hydrogen) atoms. The van der Waals surface area contributed by atoms with E-state index in [-0.39, 0.29) is 13.2 Å². The highest BCUT2D eigenvalue weighted by Crippen LogP contribution is 2.28. The quantitative estimate of drug-likeness (QED) is 0.570. The van der Waals surface area contributed by atoms with Crippen molar-refractivity contribution in [3.8, 4) is 11.5 Å². The van der Waals surface area contributed by atoms with E-state index in [9.17, 15) is 0 Å². The lowest BCUT2D eigenvalue weighted by molar-refractivity contribution is 0.194. The van der Waals surface area contributed by atoms with E-state index >= 15 is 0 Å². The van der Waals surface area contributed by atoms with Crippen molar-refractivity contribution in [2.24, 2.45) is 0 Å². The predicted octanol–water partition coefficient (Wildman–Crippen LogP) is 2.41. The summed E-state index contributed by atoms with van der Waals surface area (Å²) < 4.78 is 13.4. The lowest BCUT2D eigenvalue weighted by Gasteiger charge is -2.14. The van der Waals surface area contributed by atoms with Crippen LogP contribution in [0, 0.1) is 4.77 Å². The van der Waals surface area contributed by atoms with Gasteiger partial charge in [0.25, 0.3) is 0 Å². The Morgan fingerprint density at radius 3 is 2.83 bits per heavy atom. The second-order valence-corrected chi connectivity index (χ2v) is 5.54. The van der Waals surface area contributed by atoms with Crippen LogP contribution in [0.15, 0.2) is 18.2 Å². The summed E-state index contributed by atoms with van der Waals surface area (Å²) in [6.45, 7) is 5.34. The third kappa shape index (κ3) is 4.72. The molecule has 0 saturated carbocycles. The van der Waals surface area contributed by atoms with E-state index < -0.39 is 0 Å². The van der Waals surface area contributed by atoms with E-state index in [4.69, 9.17) is 26.8 Å². The van der Waals surface area contributed by atoms with Gasteiger partial charge in [-0.05, 0) is 43.3 Å². The number of nitrogens with zero attached hydrogens (tertiary/aromatic N) is 2. The number of aromatic nitrogens is 3. The van der Waals surface area contributed by atoms with Crippen LogP contribution in [0.3, 0.4) is 0 Å². The van der Waals surface area contributed by atoms with Gasteiger partial charge in [0.2, 0.25) is 4.77 Å². The minimum Gasteiger partial charge on any atom is -0.490 e. The van der Waals surface area contributed by atoms with Crippen molar-refractivity contribution < 1.29 is 14.6 Å². The summed E-state index contributed by atoms with van der Waals surface area (Å²) in [7, 11) is 0. The Labute approximate surface area is 146 Å². The lowest BCUT2D eigenvalue weighted by Crippen LogP contribution is -2.17. The van der Waals surface area contributed by atoms with Gasteiger partial charge < -0.3 is 20.0 Å². The molecular weight excluding hydrogens is 328 g/mol. The fourth-order valence-corrected chi connectivity index (χ4v) is 2.48. The normalized spacial score (nSPS) is 10.6. The maximum atomic E-state index is 8.89. The molecule has 1 aromatic heterocycles. The highest BCUT2D eigenvalue weighted by molar-refractivity contribution is 7.71. The van der Waals surface area contributed by atoms with E-state index in [0.717, 1.165) is 24.2 Å². The van der Waals surface area contributed by atoms with Gasteiger partial charge in [-0.15, -0.1) is 0 Å². The fraction of sp³-hybridized carbons (Fsp3) is 0.500. The number of aliphatic hydroxyl groups is 1. The second-order valence-electron chi connectivity index (χ2n) is 5.15. The first-order chi connectivity index (χ1) is 11.7. The molecular formula is C16H24N4O3S. The number of aryl methyl sites for hydroxylation is 1. The van der Waals surface area contributed by atoms with Gasteiger partial charge in [0.05, 0.1) is 19.8 Å². The Hall–Kier alpha value is -2.06. The van der Waals surface area contributed by atoms with Gasteiger partial charge >= 0.3 is 0 Å². The number of hydrogen-bond acceptors (Lipinski definition) is 6. The number of H-pyrrole nitrogens is 1. The van der Waals surface area contributed by atoms with Crippen LogP contribution < -0.4 is 14.9 Å². The summed E-state index contributed by atoms with van der Waals surface area (Å²) in [6, 6.07) is 5.72. The summed E-state index contributed by atoms with van der Waals surface area (Å²) in [4.78, 5) is 0. The first kappa shape index (κ1) is 18.3. The standard InChI is InChI=1S/C16H24N4O3S/c1-3-5-15-18-19-16(24)20(15)17-11-12-6-7-13(23-9-8-21)14(10-12)22-4-2/h6-7,10,17,21H,3-5,8-9,11H2,1-2H3,(H,19,24). The van der Waals surface area contributed by atoms with E-state index in [2.05, 4.69) is 22.5 Å². The number of ether oxygens (including phenoxy) is 2. The molecule has 0 amide bonds. The van der Waals surface area contributed by atoms with Gasteiger partial charge in [-0.1, -0.05) is 13.0 Å². The largest absolute Gasteiger partial charge is 0.490 e. The topological polar surface area (TPSA) is 84.3 Å². The zero-order chi connectivity index (χ0) is 17.4. The van der Waals surface area contributed by atoms with E-state index in [1.807, 2.05) is 25.1 Å². The van der Waals surface area contributed by atoms with Crippen molar-refractivity contribution >= 4 is 12.2 Å². The minimum absolute atomic E-state index is 0.0339. The smallest absolute Gasteiger partial charge is 0.214 e. The van der Waals surface area contributed by atoms with Crippen molar-refractivity contribution in [3.05, 3.63) is 34.4 Å². The molecule has 0 radical (unpaired) electrons. The predicted molar refractivity (Wildman–Crippen MR) is 94.7 cm³/mol. The molecule has 0 unspecified atom stereocenters. The minimum atomic E-state index is -0.0339. The highest BCUT2D eigenvalue weighted by Gasteiger charge is 2.08. The fourth-order valence-electron chi connectivity index (χ4n) is 2.26. The summed E-state index contributed by atoms with van der Waals surface area (Å²) >= 11 is 5.25. The Kier molecular flexibility index (Phi) is 7.07. The summed E-state index contributed by atoms with van der Waals surface area (Å²) in [5.41, 5.74) is 4.31. The molecule has 0 fully saturated rings. The monoisotopic (exact) mass is 352 g/mol. The Morgan fingerprint density at radius 2 is 2.12 bits per heavy atom. The third-order valence-electron chi connectivity index (χ3n) is 3.31. The third-order valence-corrected chi connectivity index (χ3v) is 3.59. The lowest BCUT2D eigenvalue weighted by atomic mass is 10.2. The van der Waals surface area contributed by atoms with Gasteiger partial charge in [-0.2, -0.15) is 5.10 Å². The first-order valence-electron chi connectivity index (χ1n) is 8.09. The van der Waals surface area contributed by atoms with Crippen molar-refractivity contribution in [1.82, 2.24) is 14.9 Å². The van der Waals surface area contributed by atoms with Gasteiger partial charge in [0.1, 0.15) is 6.61 Å². The van der Waals surface area contributed by atoms with Crippen molar-refractivity contribution in [2.45, 2.75) is 33.2 Å². The SMILES string of the molecule is CCCc1n[nH]c(=S)n1NCc1ccc(OCCO)c(OCC)c1. The number of hydrogen-bond donors (Lipinski definition) is 3. The zero-order valence-electron chi connectivity index (χ0n) is 14.0. The zero-order valence-corrected chi connectivity index (χ0v) is 14.9. The summed E-state index contributed by atoms with van der Waals surface area (Å²) in [5, 5.41) is 15.9. The molecule has 0 spiro atoms. The van der Waals surface area contributed by atoms with Crippen LogP contribution in [0.5, 0.6) is 11.5 Å². The van der Waals surface area contributed by atoms with Crippen molar-refractivity contribution in [2.75, 3.05) is 25.2 Å². The molecule has 2 aromatic rings. The van der Waals surface area contributed by atoms with E-state index in [1.54, 1.807) is 4.68 Å². The molecule has 0 aliphatic heterocycles. The molecule has 0 atom stereocenters. The van der Waals surface area contributed by atoms with Gasteiger partial charge in [0.15, 0.2) is 17.3 Å². The maximum absolute atomic E-state index is 8.89. The number of aliphatic hydroxyl groups excluding tert-OH is 1. The van der Waals surface area contributed by atoms with Crippen LogP contribution in [-0.2, 0) is 13.0 Å². The first-order valence-corrected chi connectivity index (χ1v) is 8.50. The Balaban J connectivity index is 2.11. The molecule has 2 rings (SSSR count). The van der Waals surface area contributed by atoms with E-state index in [1.165, 1.54) is 0 Å². The van der Waals surface area contributed by atoms with E-state index in [0.29, 0.717) is 29.4 Å². The maximum Gasteiger partial charge on any atom is 0.214 e. The summed E-state index contributed by atoms with van der Waals surface area (Å²) in [5.74, 6) is 2.17. The molecule has 7 nitrogen and oxygen atoms in total. The number of nitrogens with one attached hydrogen (secondary N) is 2. The summed E-state index contributed by atoms with van der Waals surface area (Å²) in [6.07, 6.45) is 1.84. The van der Waals surface area contributed by atoms with Crippen LogP contribution >= 0.6 is 12.2 Å². The molecule has 3 N–H and O–H groups in total. The van der Waals surface area contributed by atoms with Crippen LogP contribution in [0.2, 0.25) is 0 Å². The van der Waals surface area contributed by atoms with Crippen LogP contribution in [-0.4, -0.2) is 39.8 Å². The van der Waals surface area contributed by atoms with Gasteiger partial charge in [0, 0.05) is 6.42 Å². The van der Waals surface area contributed by atoms with Crippen LogP contribution in [0.4, 0.5) is 0 Å². The average molecular weight is 352 g/mol. The van der Waals surface area contributed by atoms with Gasteiger partial charge in [-0.3, -0.25) is 5.10 Å². The molecule has 0 bridgehead atoms. The molecule has 1 aromatic carbocycles. The van der Waals surface area contributed by atoms with Crippen molar-refractivity contribution in [3.63, 3.8) is 0 Å².